The second-order valence-electron chi connectivity index (χ2n) is 6.18. The van der Waals surface area contributed by atoms with Crippen LogP contribution in [0.3, 0.4) is 0 Å². The van der Waals surface area contributed by atoms with E-state index in [4.69, 9.17) is 4.74 Å². The fraction of sp³-hybridized carbons (Fsp3) is 0.316. The number of nitrogens with one attached hydrogen (secondary N) is 2. The molecule has 0 aromatic heterocycles. The molecule has 3 rings (SSSR count). The van der Waals surface area contributed by atoms with Crippen molar-refractivity contribution in [3.8, 4) is 5.75 Å². The molecule has 1 fully saturated rings. The average Bonchev–Trinajstić information content (AvgIpc) is 3.11. The van der Waals surface area contributed by atoms with E-state index in [1.54, 1.807) is 24.1 Å². The third kappa shape index (κ3) is 3.81. The monoisotopic (exact) mass is 343 g/mol. The topological polar surface area (TPSA) is 53.6 Å². The van der Waals surface area contributed by atoms with Crippen molar-refractivity contribution in [2.45, 2.75) is 12.6 Å². The summed E-state index contributed by atoms with van der Waals surface area (Å²) in [5.74, 6) is -0.420. The van der Waals surface area contributed by atoms with Crippen LogP contribution in [0.25, 0.3) is 0 Å². The van der Waals surface area contributed by atoms with E-state index in [9.17, 15) is 9.18 Å². The number of nitrogens with zero attached hydrogens (tertiary/aromatic N) is 1. The Morgan fingerprint density at radius 2 is 2.04 bits per heavy atom. The molecule has 1 heterocycles. The number of benzene rings is 2. The minimum atomic E-state index is -0.424. The lowest BCUT2D eigenvalue weighted by Crippen LogP contribution is -2.36. The summed E-state index contributed by atoms with van der Waals surface area (Å²) in [6, 6.07) is 14.5. The van der Waals surface area contributed by atoms with Gasteiger partial charge in [0.15, 0.2) is 11.6 Å². The Morgan fingerprint density at radius 3 is 2.72 bits per heavy atom. The Morgan fingerprint density at radius 1 is 1.28 bits per heavy atom. The highest BCUT2D eigenvalue weighted by atomic mass is 19.1. The van der Waals surface area contributed by atoms with E-state index >= 15 is 0 Å². The zero-order valence-electron chi connectivity index (χ0n) is 14.3. The molecule has 1 saturated heterocycles. The van der Waals surface area contributed by atoms with Crippen molar-refractivity contribution < 1.29 is 13.9 Å². The largest absolute Gasteiger partial charge is 0.494 e. The number of amides is 1. The van der Waals surface area contributed by atoms with Gasteiger partial charge in [-0.1, -0.05) is 36.4 Å². The van der Waals surface area contributed by atoms with Crippen molar-refractivity contribution in [1.82, 2.24) is 15.8 Å². The van der Waals surface area contributed by atoms with Gasteiger partial charge >= 0.3 is 0 Å². The molecule has 2 aromatic carbocycles. The molecule has 2 atom stereocenters. The van der Waals surface area contributed by atoms with Crippen molar-refractivity contribution >= 4 is 5.91 Å². The maximum absolute atomic E-state index is 13.8. The molecule has 1 aliphatic rings. The Balaban J connectivity index is 1.70. The molecule has 0 saturated carbocycles. The fourth-order valence-electron chi connectivity index (χ4n) is 3.15. The first-order valence-electron chi connectivity index (χ1n) is 8.21. The van der Waals surface area contributed by atoms with E-state index in [2.05, 4.69) is 10.9 Å². The van der Waals surface area contributed by atoms with Gasteiger partial charge in [0.2, 0.25) is 5.91 Å². The highest BCUT2D eigenvalue weighted by molar-refractivity contribution is 5.80. The average molecular weight is 343 g/mol. The maximum atomic E-state index is 13.8. The number of rotatable bonds is 5. The summed E-state index contributed by atoms with van der Waals surface area (Å²) >= 11 is 0. The van der Waals surface area contributed by atoms with Crippen LogP contribution < -0.4 is 15.6 Å². The number of ether oxygens (including phenoxy) is 1. The number of hydrazine groups is 1. The second-order valence-corrected chi connectivity index (χ2v) is 6.18. The third-order valence-corrected chi connectivity index (χ3v) is 4.47. The lowest BCUT2D eigenvalue weighted by atomic mass is 9.93. The van der Waals surface area contributed by atoms with Gasteiger partial charge in [0, 0.05) is 20.1 Å². The summed E-state index contributed by atoms with van der Waals surface area (Å²) in [4.78, 5) is 14.5. The normalized spacial score (nSPS) is 19.6. The minimum Gasteiger partial charge on any atom is -0.494 e. The molecule has 6 heteroatoms. The summed E-state index contributed by atoms with van der Waals surface area (Å²) in [7, 11) is 3.17. The number of halogens is 1. The molecule has 2 N–H and O–H groups in total. The van der Waals surface area contributed by atoms with Crippen LogP contribution in [-0.2, 0) is 11.3 Å². The quantitative estimate of drug-likeness (QED) is 0.874. The first kappa shape index (κ1) is 17.4. The van der Waals surface area contributed by atoms with Gasteiger partial charge in [0.25, 0.3) is 0 Å². The van der Waals surface area contributed by atoms with E-state index in [-0.39, 0.29) is 23.6 Å². The Labute approximate surface area is 146 Å². The molecule has 0 radical (unpaired) electrons. The van der Waals surface area contributed by atoms with Gasteiger partial charge in [-0.05, 0) is 23.3 Å². The predicted molar refractivity (Wildman–Crippen MR) is 93.2 cm³/mol. The van der Waals surface area contributed by atoms with Crippen LogP contribution in [0.1, 0.15) is 17.2 Å². The maximum Gasteiger partial charge on any atom is 0.229 e. The molecule has 1 amide bonds. The van der Waals surface area contributed by atoms with Gasteiger partial charge in [-0.15, -0.1) is 0 Å². The smallest absolute Gasteiger partial charge is 0.229 e. The Kier molecular flexibility index (Phi) is 5.31. The van der Waals surface area contributed by atoms with Crippen LogP contribution in [-0.4, -0.2) is 31.5 Å². The summed E-state index contributed by atoms with van der Waals surface area (Å²) in [5.41, 5.74) is 8.03. The zero-order chi connectivity index (χ0) is 17.8. The van der Waals surface area contributed by atoms with Crippen molar-refractivity contribution in [3.63, 3.8) is 0 Å². The van der Waals surface area contributed by atoms with Gasteiger partial charge in [-0.25, -0.2) is 9.82 Å². The molecular weight excluding hydrogens is 321 g/mol. The summed E-state index contributed by atoms with van der Waals surface area (Å²) in [5, 5.41) is 0. The summed E-state index contributed by atoms with van der Waals surface area (Å²) < 4.78 is 18.8. The van der Waals surface area contributed by atoms with Gasteiger partial charge in [-0.2, -0.15) is 0 Å². The fourth-order valence-corrected chi connectivity index (χ4v) is 3.15. The standard InChI is InChI=1S/C19H22FN3O2/c1-23(12-13-8-9-17(25-2)16(20)10-13)19(24)15-11-21-22-18(15)14-6-4-3-5-7-14/h3-10,15,18,21-22H,11-12H2,1-2H3. The zero-order valence-corrected chi connectivity index (χ0v) is 14.3. The first-order valence-corrected chi connectivity index (χ1v) is 8.21. The van der Waals surface area contributed by atoms with Crippen molar-refractivity contribution in [2.24, 2.45) is 5.92 Å². The van der Waals surface area contributed by atoms with E-state index in [1.165, 1.54) is 13.2 Å². The molecule has 2 aromatic rings. The van der Waals surface area contributed by atoms with Crippen LogP contribution in [0.4, 0.5) is 4.39 Å². The molecule has 2 unspecified atom stereocenters. The molecular formula is C19H22FN3O2. The van der Waals surface area contributed by atoms with E-state index in [0.29, 0.717) is 13.1 Å². The van der Waals surface area contributed by atoms with Crippen LogP contribution in [0.2, 0.25) is 0 Å². The Bertz CT molecular complexity index is 739. The van der Waals surface area contributed by atoms with E-state index < -0.39 is 5.82 Å². The number of carbonyl (C=O) groups is 1. The number of hydrogen-bond acceptors (Lipinski definition) is 4. The van der Waals surface area contributed by atoms with Crippen molar-refractivity contribution in [2.75, 3.05) is 20.7 Å². The van der Waals surface area contributed by atoms with Gasteiger partial charge in [0.1, 0.15) is 0 Å². The highest BCUT2D eigenvalue weighted by Crippen LogP contribution is 2.27. The van der Waals surface area contributed by atoms with E-state index in [1.807, 2.05) is 30.3 Å². The molecule has 25 heavy (non-hydrogen) atoms. The van der Waals surface area contributed by atoms with Gasteiger partial charge < -0.3 is 9.64 Å². The number of methoxy groups -OCH3 is 1. The lowest BCUT2D eigenvalue weighted by Gasteiger charge is -2.24. The second kappa shape index (κ2) is 7.63. The van der Waals surface area contributed by atoms with Crippen LogP contribution in [0.5, 0.6) is 5.75 Å². The molecule has 132 valence electrons. The lowest BCUT2D eigenvalue weighted by molar-refractivity contribution is -0.134. The Hall–Kier alpha value is -2.44. The summed E-state index contributed by atoms with van der Waals surface area (Å²) in [6.45, 7) is 0.900. The van der Waals surface area contributed by atoms with Gasteiger partial charge in [-0.3, -0.25) is 10.2 Å². The van der Waals surface area contributed by atoms with Crippen LogP contribution in [0.15, 0.2) is 48.5 Å². The first-order chi connectivity index (χ1) is 12.1. The molecule has 0 bridgehead atoms. The molecule has 0 spiro atoms. The van der Waals surface area contributed by atoms with Crippen LogP contribution in [0, 0.1) is 11.7 Å². The highest BCUT2D eigenvalue weighted by Gasteiger charge is 2.35. The van der Waals surface area contributed by atoms with Gasteiger partial charge in [0.05, 0.1) is 19.1 Å². The molecule has 5 nitrogen and oxygen atoms in total. The van der Waals surface area contributed by atoms with E-state index in [0.717, 1.165) is 11.1 Å². The minimum absolute atomic E-state index is 0.0163. The molecule has 1 aliphatic heterocycles. The number of hydrogen-bond donors (Lipinski definition) is 2. The third-order valence-electron chi connectivity index (χ3n) is 4.47. The number of carbonyl (C=O) groups excluding carboxylic acids is 1. The van der Waals surface area contributed by atoms with Crippen molar-refractivity contribution in [3.05, 3.63) is 65.5 Å². The van der Waals surface area contributed by atoms with Crippen LogP contribution >= 0.6 is 0 Å². The predicted octanol–water partition coefficient (Wildman–Crippen LogP) is 2.26. The van der Waals surface area contributed by atoms with Crippen molar-refractivity contribution in [1.29, 1.82) is 0 Å². The summed E-state index contributed by atoms with van der Waals surface area (Å²) in [6.07, 6.45) is 0. The molecule has 0 aliphatic carbocycles. The SMILES string of the molecule is COc1ccc(CN(C)C(=O)C2CNNC2c2ccccc2)cc1F.